The van der Waals surface area contributed by atoms with Crippen molar-refractivity contribution in [2.45, 2.75) is 0 Å². The molecule has 58 heavy (non-hydrogen) atoms. The van der Waals surface area contributed by atoms with Crippen LogP contribution in [0.25, 0.3) is 49.8 Å². The Hall–Kier alpha value is -7.68. The van der Waals surface area contributed by atoms with Gasteiger partial charge in [0.05, 0.1) is 16.7 Å². The largest absolute Gasteiger partial charge is 0.310 e. The number of aromatic nitrogens is 1. The van der Waals surface area contributed by atoms with Gasteiger partial charge in [0.15, 0.2) is 0 Å². The van der Waals surface area contributed by atoms with Gasteiger partial charge < -0.3 is 9.47 Å². The molecule has 2 heteroatoms. The summed E-state index contributed by atoms with van der Waals surface area (Å²) in [5, 5.41) is 2.43. The Kier molecular flexibility index (Phi) is 9.27. The summed E-state index contributed by atoms with van der Waals surface area (Å²) in [5.74, 6) is 0. The Morgan fingerprint density at radius 3 is 1.38 bits per heavy atom. The van der Waals surface area contributed by atoms with Crippen LogP contribution in [0.3, 0.4) is 0 Å². The van der Waals surface area contributed by atoms with Gasteiger partial charge >= 0.3 is 0 Å². The normalized spacial score (nSPS) is 11.1. The van der Waals surface area contributed by atoms with E-state index in [1.807, 2.05) is 0 Å². The number of rotatable bonds is 9. The summed E-state index contributed by atoms with van der Waals surface area (Å²) in [6, 6.07) is 87.2. The summed E-state index contributed by atoms with van der Waals surface area (Å²) in [7, 11) is 0. The van der Waals surface area contributed by atoms with E-state index in [9.17, 15) is 0 Å². The van der Waals surface area contributed by atoms with Crippen molar-refractivity contribution < 1.29 is 0 Å². The maximum Gasteiger partial charge on any atom is 0.0542 e. The van der Waals surface area contributed by atoms with Gasteiger partial charge in [-0.3, -0.25) is 0 Å². The van der Waals surface area contributed by atoms with Crippen LogP contribution in [0.1, 0.15) is 22.3 Å². The minimum atomic E-state index is 1.08. The van der Waals surface area contributed by atoms with E-state index in [4.69, 9.17) is 0 Å². The van der Waals surface area contributed by atoms with Gasteiger partial charge in [0, 0.05) is 33.4 Å². The number of anilines is 3. The molecule has 2 nitrogen and oxygen atoms in total. The molecule has 0 saturated carbocycles. The molecule has 0 radical (unpaired) electrons. The molecule has 10 aromatic rings. The lowest BCUT2D eigenvalue weighted by atomic mass is 9.86. The summed E-state index contributed by atoms with van der Waals surface area (Å²) >= 11 is 0. The van der Waals surface area contributed by atoms with Gasteiger partial charge in [-0.25, -0.2) is 0 Å². The Morgan fingerprint density at radius 1 is 0.328 bits per heavy atom. The second-order valence-electron chi connectivity index (χ2n) is 14.5. The first-order valence-corrected chi connectivity index (χ1v) is 19.9. The van der Waals surface area contributed by atoms with Crippen molar-refractivity contribution in [3.63, 3.8) is 0 Å². The quantitative estimate of drug-likeness (QED) is 0.134. The molecule has 1 aromatic heterocycles. The lowest BCUT2D eigenvalue weighted by Crippen LogP contribution is -2.11. The Bertz CT molecular complexity index is 2960. The summed E-state index contributed by atoms with van der Waals surface area (Å²) in [5.41, 5.74) is 16.2. The average molecular weight is 741 g/mol. The topological polar surface area (TPSA) is 8.17 Å². The van der Waals surface area contributed by atoms with E-state index >= 15 is 0 Å². The highest BCUT2D eigenvalue weighted by atomic mass is 15.1. The first-order chi connectivity index (χ1) is 28.8. The molecule has 0 N–H and O–H groups in total. The maximum absolute atomic E-state index is 2.42. The van der Waals surface area contributed by atoms with Gasteiger partial charge in [0.2, 0.25) is 0 Å². The van der Waals surface area contributed by atoms with Crippen molar-refractivity contribution in [2.75, 3.05) is 4.90 Å². The number of hydrogen-bond donors (Lipinski definition) is 0. The highest BCUT2D eigenvalue weighted by molar-refractivity contribution is 6.11. The Labute approximate surface area is 339 Å². The van der Waals surface area contributed by atoms with Crippen molar-refractivity contribution >= 4 is 50.0 Å². The first kappa shape index (κ1) is 34.8. The monoisotopic (exact) mass is 740 g/mol. The predicted octanol–water partition coefficient (Wildman–Crippen LogP) is 14.9. The molecule has 0 fully saturated rings. The van der Waals surface area contributed by atoms with E-state index in [0.29, 0.717) is 0 Å². The third kappa shape index (κ3) is 6.47. The van der Waals surface area contributed by atoms with Gasteiger partial charge in [-0.15, -0.1) is 0 Å². The second-order valence-corrected chi connectivity index (χ2v) is 14.5. The molecule has 0 atom stereocenters. The summed E-state index contributed by atoms with van der Waals surface area (Å²) in [4.78, 5) is 2.42. The summed E-state index contributed by atoms with van der Waals surface area (Å²) < 4.78 is 2.37. The molecule has 0 saturated heterocycles. The third-order valence-corrected chi connectivity index (χ3v) is 11.0. The van der Waals surface area contributed by atoms with Crippen LogP contribution in [0.4, 0.5) is 17.1 Å². The number of hydrogen-bond acceptors (Lipinski definition) is 1. The van der Waals surface area contributed by atoms with Gasteiger partial charge in [0.25, 0.3) is 0 Å². The van der Waals surface area contributed by atoms with Gasteiger partial charge in [0.1, 0.15) is 0 Å². The molecule has 0 spiro atoms. The number of fused-ring (bicyclic) bond motifs is 3. The van der Waals surface area contributed by atoms with Crippen molar-refractivity contribution in [3.8, 4) is 16.8 Å². The molecule has 0 aliphatic rings. The van der Waals surface area contributed by atoms with Crippen molar-refractivity contribution in [1.82, 2.24) is 4.57 Å². The highest BCUT2D eigenvalue weighted by Gasteiger charge is 2.21. The lowest BCUT2D eigenvalue weighted by molar-refractivity contribution is 1.18. The number of para-hydroxylation sites is 3. The minimum absolute atomic E-state index is 1.08. The smallest absolute Gasteiger partial charge is 0.0542 e. The van der Waals surface area contributed by atoms with Crippen LogP contribution in [0, 0.1) is 0 Å². The molecule has 0 bridgehead atoms. The zero-order chi connectivity index (χ0) is 38.7. The fourth-order valence-electron chi connectivity index (χ4n) is 8.42. The standard InChI is InChI=1S/C56H40N2/c1-6-20-41(21-7-1)49-30-16-18-32-52(49)57(48-38-39-54-51(40-48)50-31-17-19-33-53(50)58(54)46-28-14-5-15-29-46)47-36-34-45(35-37-47)56(44-26-12-4-13-27-44)55(42-22-8-2-9-23-42)43-24-10-3-11-25-43/h1-40H. The SMILES string of the molecule is c1ccc(C(=C(c2ccccc2)c2ccc(N(c3ccc4c(c3)c3ccccc3n4-c3ccccc3)c3ccccc3-c3ccccc3)cc2)c2ccccc2)cc1. The molecule has 10 rings (SSSR count). The molecule has 1 heterocycles. The molecular formula is C56H40N2. The molecule has 0 aliphatic heterocycles. The predicted molar refractivity (Wildman–Crippen MR) is 245 cm³/mol. The molecule has 0 unspecified atom stereocenters. The van der Waals surface area contributed by atoms with E-state index in [-0.39, 0.29) is 0 Å². The molecular weight excluding hydrogens is 701 g/mol. The fraction of sp³-hybridized carbons (Fsp3) is 0. The van der Waals surface area contributed by atoms with Crippen molar-refractivity contribution in [1.29, 1.82) is 0 Å². The summed E-state index contributed by atoms with van der Waals surface area (Å²) in [6.07, 6.45) is 0. The molecule has 0 amide bonds. The van der Waals surface area contributed by atoms with Crippen LogP contribution in [0.2, 0.25) is 0 Å². The first-order valence-electron chi connectivity index (χ1n) is 19.9. The van der Waals surface area contributed by atoms with Crippen LogP contribution in [0.5, 0.6) is 0 Å². The molecule has 9 aromatic carbocycles. The minimum Gasteiger partial charge on any atom is -0.310 e. The van der Waals surface area contributed by atoms with Crippen LogP contribution in [0.15, 0.2) is 243 Å². The lowest BCUT2D eigenvalue weighted by Gasteiger charge is -2.28. The third-order valence-electron chi connectivity index (χ3n) is 11.0. The Morgan fingerprint density at radius 2 is 0.776 bits per heavy atom. The van der Waals surface area contributed by atoms with Gasteiger partial charge in [-0.1, -0.05) is 188 Å². The average Bonchev–Trinajstić information content (AvgIpc) is 3.64. The fourth-order valence-corrected chi connectivity index (χ4v) is 8.42. The zero-order valence-electron chi connectivity index (χ0n) is 32.0. The maximum atomic E-state index is 2.42. The van der Waals surface area contributed by atoms with E-state index in [1.54, 1.807) is 0 Å². The van der Waals surface area contributed by atoms with Crippen LogP contribution in [-0.4, -0.2) is 4.57 Å². The van der Waals surface area contributed by atoms with Gasteiger partial charge in [-0.05, 0) is 93.6 Å². The highest BCUT2D eigenvalue weighted by Crippen LogP contribution is 2.44. The zero-order valence-corrected chi connectivity index (χ0v) is 32.0. The number of nitrogens with zero attached hydrogens (tertiary/aromatic N) is 2. The Balaban J connectivity index is 1.19. The van der Waals surface area contributed by atoms with Crippen LogP contribution in [-0.2, 0) is 0 Å². The van der Waals surface area contributed by atoms with E-state index in [0.717, 1.165) is 28.3 Å². The van der Waals surface area contributed by atoms with E-state index in [1.165, 1.54) is 60.8 Å². The van der Waals surface area contributed by atoms with E-state index in [2.05, 4.69) is 252 Å². The van der Waals surface area contributed by atoms with Crippen LogP contribution < -0.4 is 4.90 Å². The van der Waals surface area contributed by atoms with Crippen molar-refractivity contribution in [2.24, 2.45) is 0 Å². The van der Waals surface area contributed by atoms with E-state index < -0.39 is 0 Å². The van der Waals surface area contributed by atoms with Crippen molar-refractivity contribution in [3.05, 3.63) is 265 Å². The number of benzene rings is 9. The summed E-state index contributed by atoms with van der Waals surface area (Å²) in [6.45, 7) is 0. The molecule has 274 valence electrons. The van der Waals surface area contributed by atoms with Gasteiger partial charge in [-0.2, -0.15) is 0 Å². The van der Waals surface area contributed by atoms with Crippen LogP contribution >= 0.6 is 0 Å². The second kappa shape index (κ2) is 15.5. The molecule has 0 aliphatic carbocycles.